The Bertz CT molecular complexity index is 1040. The smallest absolute Gasteiger partial charge is 0.162 e. The van der Waals surface area contributed by atoms with Crippen molar-refractivity contribution in [2.24, 2.45) is 0 Å². The molecule has 2 aliphatic rings. The summed E-state index contributed by atoms with van der Waals surface area (Å²) in [6.07, 6.45) is 1.10. The molecule has 2 aromatic rings. The van der Waals surface area contributed by atoms with Gasteiger partial charge in [0.05, 0.1) is 17.6 Å². The zero-order valence-electron chi connectivity index (χ0n) is 15.4. The molecule has 28 heavy (non-hydrogen) atoms. The molecule has 0 bridgehead atoms. The molecule has 0 unspecified atom stereocenters. The number of nitriles is 1. The van der Waals surface area contributed by atoms with Gasteiger partial charge < -0.3 is 10.4 Å². The lowest BCUT2D eigenvalue weighted by Gasteiger charge is -2.35. The van der Waals surface area contributed by atoms with Gasteiger partial charge in [-0.2, -0.15) is 5.26 Å². The molecule has 0 amide bonds. The van der Waals surface area contributed by atoms with E-state index in [-0.39, 0.29) is 17.5 Å². The number of phenolic OH excluding ortho intramolecular Hbond substituents is 1. The van der Waals surface area contributed by atoms with E-state index >= 15 is 0 Å². The molecular formula is C23H19ClN2O2. The summed E-state index contributed by atoms with van der Waals surface area (Å²) < 4.78 is 0. The minimum absolute atomic E-state index is 0.0482. The van der Waals surface area contributed by atoms with Gasteiger partial charge in [0, 0.05) is 28.4 Å². The van der Waals surface area contributed by atoms with Gasteiger partial charge in [-0.25, -0.2) is 0 Å². The van der Waals surface area contributed by atoms with Gasteiger partial charge in [0.1, 0.15) is 5.75 Å². The quantitative estimate of drug-likeness (QED) is 0.762. The molecule has 0 fully saturated rings. The number of phenols is 1. The summed E-state index contributed by atoms with van der Waals surface area (Å²) in [7, 11) is 0. The Hall–Kier alpha value is -3.03. The molecule has 4 rings (SSSR count). The third-order valence-electron chi connectivity index (χ3n) is 5.52. The van der Waals surface area contributed by atoms with Crippen molar-refractivity contribution in [2.45, 2.75) is 31.6 Å². The van der Waals surface area contributed by atoms with Gasteiger partial charge in [-0.3, -0.25) is 4.79 Å². The van der Waals surface area contributed by atoms with Crippen molar-refractivity contribution in [1.82, 2.24) is 5.32 Å². The van der Waals surface area contributed by atoms with E-state index in [0.717, 1.165) is 22.5 Å². The molecule has 0 radical (unpaired) electrons. The van der Waals surface area contributed by atoms with Gasteiger partial charge in [0.25, 0.3) is 0 Å². The highest BCUT2D eigenvalue weighted by Gasteiger charge is 2.38. The number of benzene rings is 2. The monoisotopic (exact) mass is 390 g/mol. The number of hydrogen-bond donors (Lipinski definition) is 2. The Morgan fingerprint density at radius 2 is 1.71 bits per heavy atom. The molecule has 1 aliphatic carbocycles. The van der Waals surface area contributed by atoms with Crippen LogP contribution >= 0.6 is 11.6 Å². The molecule has 1 aliphatic heterocycles. The number of carbonyl (C=O) groups excluding carboxylic acids is 1. The van der Waals surface area contributed by atoms with Crippen molar-refractivity contribution < 1.29 is 9.90 Å². The average Bonchev–Trinajstić information content (AvgIpc) is 2.68. The van der Waals surface area contributed by atoms with E-state index in [1.165, 1.54) is 0 Å². The Morgan fingerprint density at radius 3 is 2.36 bits per heavy atom. The summed E-state index contributed by atoms with van der Waals surface area (Å²) in [6.45, 7) is 1.87. The fraction of sp³-hybridized carbons (Fsp3) is 0.217. The molecule has 0 spiro atoms. The summed E-state index contributed by atoms with van der Waals surface area (Å²) >= 11 is 6.00. The van der Waals surface area contributed by atoms with Crippen LogP contribution in [0.3, 0.4) is 0 Å². The molecule has 0 saturated heterocycles. The van der Waals surface area contributed by atoms with Gasteiger partial charge in [-0.05, 0) is 54.7 Å². The number of nitrogens with one attached hydrogen (secondary N) is 1. The number of hydrogen-bond acceptors (Lipinski definition) is 4. The highest BCUT2D eigenvalue weighted by Crippen LogP contribution is 2.45. The highest BCUT2D eigenvalue weighted by atomic mass is 35.5. The van der Waals surface area contributed by atoms with Gasteiger partial charge in [0.2, 0.25) is 0 Å². The number of halogens is 1. The normalized spacial score (nSPS) is 21.8. The first-order chi connectivity index (χ1) is 13.5. The number of Topliss-reactive ketones (excluding diaryl/α,β-unsaturated/α-hetero) is 1. The minimum atomic E-state index is -0.402. The number of carbonyl (C=O) groups is 1. The first-order valence-electron chi connectivity index (χ1n) is 9.16. The Balaban J connectivity index is 1.77. The summed E-state index contributed by atoms with van der Waals surface area (Å²) in [5, 5.41) is 23.3. The minimum Gasteiger partial charge on any atom is -0.508 e. The Kier molecular flexibility index (Phi) is 4.70. The Morgan fingerprint density at radius 1 is 1.07 bits per heavy atom. The van der Waals surface area contributed by atoms with E-state index in [2.05, 4.69) is 11.4 Å². The van der Waals surface area contributed by atoms with Crippen LogP contribution in [0.1, 0.15) is 42.7 Å². The van der Waals surface area contributed by atoms with Crippen molar-refractivity contribution in [1.29, 1.82) is 5.26 Å². The maximum atomic E-state index is 13.2. The van der Waals surface area contributed by atoms with E-state index in [1.54, 1.807) is 24.3 Å². The number of dihydropyridines is 1. The van der Waals surface area contributed by atoms with Crippen LogP contribution in [0, 0.1) is 11.3 Å². The first kappa shape index (κ1) is 18.3. The first-order valence-corrected chi connectivity index (χ1v) is 9.54. The standard InChI is InChI=1S/C23H19ClN2O2/c1-13-19(12-25)22(15-4-8-18(27)9-5-15)23-20(26-13)10-16(11-21(23)28)14-2-6-17(24)7-3-14/h2-9,16,22,26-27H,10-11H2,1H3/t16-,22-/m1/s1. The molecular weight excluding hydrogens is 372 g/mol. The molecule has 4 nitrogen and oxygen atoms in total. The zero-order chi connectivity index (χ0) is 19.8. The number of aromatic hydroxyl groups is 1. The molecule has 2 N–H and O–H groups in total. The largest absolute Gasteiger partial charge is 0.508 e. The van der Waals surface area contributed by atoms with Crippen molar-refractivity contribution in [3.05, 3.63) is 87.2 Å². The van der Waals surface area contributed by atoms with Crippen LogP contribution in [0.4, 0.5) is 0 Å². The number of ketones is 1. The summed E-state index contributed by atoms with van der Waals surface area (Å²) in [5.74, 6) is -0.121. The van der Waals surface area contributed by atoms with E-state index in [0.29, 0.717) is 29.0 Å². The molecule has 140 valence electrons. The predicted octanol–water partition coefficient (Wildman–Crippen LogP) is 4.93. The van der Waals surface area contributed by atoms with E-state index in [9.17, 15) is 15.2 Å². The molecule has 0 aromatic heterocycles. The van der Waals surface area contributed by atoms with Crippen LogP contribution in [0.15, 0.2) is 71.1 Å². The van der Waals surface area contributed by atoms with Gasteiger partial charge >= 0.3 is 0 Å². The molecule has 0 saturated carbocycles. The van der Waals surface area contributed by atoms with Crippen molar-refractivity contribution in [2.75, 3.05) is 0 Å². The SMILES string of the molecule is CC1=C(C#N)[C@@H](c2ccc(O)cc2)C2=C(C[C@@H](c3ccc(Cl)cc3)CC2=O)N1. The van der Waals surface area contributed by atoms with Crippen LogP contribution in [0.2, 0.25) is 5.02 Å². The van der Waals surface area contributed by atoms with Gasteiger partial charge in [0.15, 0.2) is 5.78 Å². The van der Waals surface area contributed by atoms with Crippen LogP contribution in [-0.4, -0.2) is 10.9 Å². The second-order valence-corrected chi connectivity index (χ2v) is 7.71. The second kappa shape index (κ2) is 7.18. The van der Waals surface area contributed by atoms with E-state index in [1.807, 2.05) is 31.2 Å². The van der Waals surface area contributed by atoms with E-state index < -0.39 is 5.92 Å². The lowest BCUT2D eigenvalue weighted by Crippen LogP contribution is -2.33. The molecule has 2 atom stereocenters. The molecule has 2 aromatic carbocycles. The van der Waals surface area contributed by atoms with Crippen molar-refractivity contribution in [3.8, 4) is 11.8 Å². The second-order valence-electron chi connectivity index (χ2n) is 7.27. The van der Waals surface area contributed by atoms with Crippen LogP contribution < -0.4 is 5.32 Å². The fourth-order valence-electron chi connectivity index (χ4n) is 4.16. The number of nitrogens with zero attached hydrogens (tertiary/aromatic N) is 1. The number of rotatable bonds is 2. The van der Waals surface area contributed by atoms with Crippen LogP contribution in [0.5, 0.6) is 5.75 Å². The summed E-state index contributed by atoms with van der Waals surface area (Å²) in [5.41, 5.74) is 4.77. The van der Waals surface area contributed by atoms with Gasteiger partial charge in [-0.1, -0.05) is 35.9 Å². The molecule has 1 heterocycles. The van der Waals surface area contributed by atoms with Crippen molar-refractivity contribution in [3.63, 3.8) is 0 Å². The Labute approximate surface area is 168 Å². The van der Waals surface area contributed by atoms with Crippen LogP contribution in [-0.2, 0) is 4.79 Å². The number of allylic oxidation sites excluding steroid dienone is 4. The van der Waals surface area contributed by atoms with Crippen molar-refractivity contribution >= 4 is 17.4 Å². The average molecular weight is 391 g/mol. The topological polar surface area (TPSA) is 73.1 Å². The summed E-state index contributed by atoms with van der Waals surface area (Å²) in [4.78, 5) is 13.2. The fourth-order valence-corrected chi connectivity index (χ4v) is 4.28. The predicted molar refractivity (Wildman–Crippen MR) is 108 cm³/mol. The third-order valence-corrected chi connectivity index (χ3v) is 5.77. The van der Waals surface area contributed by atoms with E-state index in [4.69, 9.17) is 11.6 Å². The van der Waals surface area contributed by atoms with Gasteiger partial charge in [-0.15, -0.1) is 0 Å². The third kappa shape index (κ3) is 3.19. The highest BCUT2D eigenvalue weighted by molar-refractivity contribution is 6.30. The molecule has 5 heteroatoms. The lowest BCUT2D eigenvalue weighted by atomic mass is 9.72. The summed E-state index contributed by atoms with van der Waals surface area (Å²) in [6, 6.07) is 16.6. The van der Waals surface area contributed by atoms with Crippen LogP contribution in [0.25, 0.3) is 0 Å². The maximum absolute atomic E-state index is 13.2. The lowest BCUT2D eigenvalue weighted by molar-refractivity contribution is -0.116. The zero-order valence-corrected chi connectivity index (χ0v) is 16.1. The maximum Gasteiger partial charge on any atom is 0.162 e.